The number of rotatable bonds is 5. The first kappa shape index (κ1) is 18.4. The lowest BCUT2D eigenvalue weighted by Crippen LogP contribution is -2.41. The van der Waals surface area contributed by atoms with Crippen LogP contribution >= 0.6 is 22.6 Å². The van der Waals surface area contributed by atoms with Gasteiger partial charge in [0.1, 0.15) is 5.82 Å². The average Bonchev–Trinajstić information content (AvgIpc) is 2.34. The van der Waals surface area contributed by atoms with Crippen LogP contribution < -0.4 is 0 Å². The highest BCUT2D eigenvalue weighted by atomic mass is 127. The molecule has 0 radical (unpaired) electrons. The third-order valence-electron chi connectivity index (χ3n) is 3.93. The molecule has 0 aliphatic carbocycles. The highest BCUT2D eigenvalue weighted by Crippen LogP contribution is 2.38. The van der Waals surface area contributed by atoms with Gasteiger partial charge >= 0.3 is 0 Å². The first-order chi connectivity index (χ1) is 9.60. The minimum atomic E-state index is -1.97. The van der Waals surface area contributed by atoms with Crippen LogP contribution in [0, 0.1) is 9.39 Å². The standard InChI is InChI=1S/C14H21FIN3OSi/c1-14(2,3)21(4,5)20-9-12(18-19-17)13-10(15)7-6-8-11(13)16/h6-8,12H,9H2,1-5H3/t12-/m0/s1. The zero-order valence-corrected chi connectivity index (χ0v) is 16.2. The quantitative estimate of drug-likeness (QED) is 0.195. The SMILES string of the molecule is CC(C)(C)[Si](C)(C)OC[C@H](N=[N+]=[N-])c1c(F)cccc1I. The fourth-order valence-corrected chi connectivity index (χ4v) is 3.40. The normalized spacial score (nSPS) is 13.7. The lowest BCUT2D eigenvalue weighted by atomic mass is 10.1. The third kappa shape index (κ3) is 4.67. The number of benzene rings is 1. The van der Waals surface area contributed by atoms with Crippen LogP contribution in [0.4, 0.5) is 4.39 Å². The van der Waals surface area contributed by atoms with Gasteiger partial charge in [-0.1, -0.05) is 32.0 Å². The second-order valence-corrected chi connectivity index (χ2v) is 12.4. The van der Waals surface area contributed by atoms with Gasteiger partial charge in [0.25, 0.3) is 0 Å². The van der Waals surface area contributed by atoms with Gasteiger partial charge in [-0.3, -0.25) is 0 Å². The number of halogens is 2. The van der Waals surface area contributed by atoms with Crippen molar-refractivity contribution < 1.29 is 8.82 Å². The summed E-state index contributed by atoms with van der Waals surface area (Å²) in [4.78, 5) is 2.85. The van der Waals surface area contributed by atoms with E-state index in [1.165, 1.54) is 6.07 Å². The Morgan fingerprint density at radius 3 is 2.52 bits per heavy atom. The Hall–Kier alpha value is -0.633. The first-order valence-corrected chi connectivity index (χ1v) is 10.7. The van der Waals surface area contributed by atoms with E-state index in [9.17, 15) is 4.39 Å². The Morgan fingerprint density at radius 2 is 2.05 bits per heavy atom. The number of nitrogens with zero attached hydrogens (tertiary/aromatic N) is 3. The van der Waals surface area contributed by atoms with Gasteiger partial charge in [0, 0.05) is 20.7 Å². The van der Waals surface area contributed by atoms with Gasteiger partial charge in [-0.15, -0.1) is 0 Å². The van der Waals surface area contributed by atoms with Crippen molar-refractivity contribution >= 4 is 30.9 Å². The van der Waals surface area contributed by atoms with Crippen molar-refractivity contribution in [1.29, 1.82) is 0 Å². The predicted octanol–water partition coefficient (Wildman–Crippen LogP) is 5.80. The molecular formula is C14H21FIN3OSi. The van der Waals surface area contributed by atoms with Gasteiger partial charge in [0.2, 0.25) is 0 Å². The van der Waals surface area contributed by atoms with Crippen molar-refractivity contribution in [3.8, 4) is 0 Å². The van der Waals surface area contributed by atoms with E-state index in [4.69, 9.17) is 9.96 Å². The topological polar surface area (TPSA) is 58.0 Å². The van der Waals surface area contributed by atoms with E-state index >= 15 is 0 Å². The van der Waals surface area contributed by atoms with E-state index in [-0.39, 0.29) is 17.5 Å². The summed E-state index contributed by atoms with van der Waals surface area (Å²) in [6, 6.07) is 4.18. The average molecular weight is 421 g/mol. The summed E-state index contributed by atoms with van der Waals surface area (Å²) in [6.07, 6.45) is 0. The van der Waals surface area contributed by atoms with Crippen LogP contribution in [-0.2, 0) is 4.43 Å². The van der Waals surface area contributed by atoms with Crippen molar-refractivity contribution in [3.63, 3.8) is 0 Å². The Balaban J connectivity index is 3.03. The molecule has 0 aliphatic rings. The summed E-state index contributed by atoms with van der Waals surface area (Å²) in [5.41, 5.74) is 9.17. The van der Waals surface area contributed by atoms with Gasteiger partial charge < -0.3 is 4.43 Å². The lowest BCUT2D eigenvalue weighted by molar-refractivity contribution is 0.262. The Bertz CT molecular complexity index is 533. The molecule has 1 rings (SSSR count). The van der Waals surface area contributed by atoms with Crippen molar-refractivity contribution in [2.75, 3.05) is 6.61 Å². The molecular weight excluding hydrogens is 400 g/mol. The molecule has 0 bridgehead atoms. The van der Waals surface area contributed by atoms with Crippen LogP contribution in [0.15, 0.2) is 23.3 Å². The molecule has 0 N–H and O–H groups in total. The summed E-state index contributed by atoms with van der Waals surface area (Å²) >= 11 is 2.05. The van der Waals surface area contributed by atoms with E-state index in [0.717, 1.165) is 3.57 Å². The fourth-order valence-electron chi connectivity index (χ4n) is 1.57. The zero-order chi connectivity index (χ0) is 16.3. The lowest BCUT2D eigenvalue weighted by Gasteiger charge is -2.37. The number of hydrogen-bond acceptors (Lipinski definition) is 2. The summed E-state index contributed by atoms with van der Waals surface area (Å²) < 4.78 is 20.9. The molecule has 0 saturated carbocycles. The molecule has 0 aliphatic heterocycles. The molecule has 0 amide bonds. The maximum absolute atomic E-state index is 14.0. The predicted molar refractivity (Wildman–Crippen MR) is 94.2 cm³/mol. The van der Waals surface area contributed by atoms with Gasteiger partial charge in [-0.05, 0) is 58.4 Å². The molecule has 0 spiro atoms. The maximum atomic E-state index is 14.0. The van der Waals surface area contributed by atoms with Crippen LogP contribution in [0.1, 0.15) is 32.4 Å². The van der Waals surface area contributed by atoms with E-state index in [2.05, 4.69) is 66.5 Å². The van der Waals surface area contributed by atoms with Crippen LogP contribution in [0.5, 0.6) is 0 Å². The molecule has 1 atom stereocenters. The second kappa shape index (κ2) is 7.08. The fraction of sp³-hybridized carbons (Fsp3) is 0.571. The van der Waals surface area contributed by atoms with Crippen molar-refractivity contribution in [3.05, 3.63) is 43.6 Å². The molecule has 7 heteroatoms. The van der Waals surface area contributed by atoms with Crippen LogP contribution in [0.2, 0.25) is 18.1 Å². The molecule has 4 nitrogen and oxygen atoms in total. The number of azide groups is 1. The molecule has 116 valence electrons. The van der Waals surface area contributed by atoms with E-state index in [1.54, 1.807) is 12.1 Å². The number of hydrogen-bond donors (Lipinski definition) is 0. The summed E-state index contributed by atoms with van der Waals surface area (Å²) in [5, 5.41) is 3.79. The van der Waals surface area contributed by atoms with Crippen molar-refractivity contribution in [1.82, 2.24) is 0 Å². The van der Waals surface area contributed by atoms with Crippen LogP contribution in [0.25, 0.3) is 10.4 Å². The third-order valence-corrected chi connectivity index (χ3v) is 9.37. The van der Waals surface area contributed by atoms with E-state index < -0.39 is 14.4 Å². The monoisotopic (exact) mass is 421 g/mol. The Labute approximate surface area is 140 Å². The summed E-state index contributed by atoms with van der Waals surface area (Å²) in [7, 11) is -1.97. The van der Waals surface area contributed by atoms with Gasteiger partial charge in [-0.2, -0.15) is 0 Å². The van der Waals surface area contributed by atoms with Crippen molar-refractivity contribution in [2.24, 2.45) is 5.11 Å². The van der Waals surface area contributed by atoms with E-state index in [0.29, 0.717) is 5.56 Å². The van der Waals surface area contributed by atoms with Crippen LogP contribution in [-0.4, -0.2) is 14.9 Å². The summed E-state index contributed by atoms with van der Waals surface area (Å²) in [6.45, 7) is 10.8. The molecule has 1 aromatic rings. The Kier molecular flexibility index (Phi) is 6.21. The van der Waals surface area contributed by atoms with E-state index in [1.807, 2.05) is 0 Å². The first-order valence-electron chi connectivity index (χ1n) is 6.72. The van der Waals surface area contributed by atoms with Gasteiger partial charge in [0.05, 0.1) is 6.04 Å². The highest BCUT2D eigenvalue weighted by Gasteiger charge is 2.37. The highest BCUT2D eigenvalue weighted by molar-refractivity contribution is 14.1. The minimum Gasteiger partial charge on any atom is -0.416 e. The molecule has 0 saturated heterocycles. The molecule has 21 heavy (non-hydrogen) atoms. The Morgan fingerprint density at radius 1 is 1.43 bits per heavy atom. The van der Waals surface area contributed by atoms with Gasteiger partial charge in [-0.25, -0.2) is 4.39 Å². The molecule has 0 aromatic heterocycles. The molecule has 1 aromatic carbocycles. The summed E-state index contributed by atoms with van der Waals surface area (Å²) in [5.74, 6) is -0.363. The molecule has 0 unspecified atom stereocenters. The largest absolute Gasteiger partial charge is 0.416 e. The van der Waals surface area contributed by atoms with Crippen molar-refractivity contribution in [2.45, 2.75) is 44.9 Å². The zero-order valence-electron chi connectivity index (χ0n) is 13.0. The molecule has 0 heterocycles. The second-order valence-electron chi connectivity index (χ2n) is 6.43. The van der Waals surface area contributed by atoms with Crippen LogP contribution in [0.3, 0.4) is 0 Å². The van der Waals surface area contributed by atoms with Gasteiger partial charge in [0.15, 0.2) is 8.32 Å². The smallest absolute Gasteiger partial charge is 0.192 e. The maximum Gasteiger partial charge on any atom is 0.192 e. The molecule has 0 fully saturated rings. The minimum absolute atomic E-state index is 0.0519.